The average Bonchev–Trinajstić information content (AvgIpc) is 2.24. The van der Waals surface area contributed by atoms with E-state index in [1.165, 1.54) is 24.3 Å². The molecule has 0 heterocycles. The average molecular weight is 350 g/mol. The molecule has 0 bridgehead atoms. The summed E-state index contributed by atoms with van der Waals surface area (Å²) in [6.45, 7) is 0. The van der Waals surface area contributed by atoms with Crippen molar-refractivity contribution in [2.45, 2.75) is 9.79 Å². The van der Waals surface area contributed by atoms with Crippen LogP contribution in [0.2, 0.25) is 0 Å². The van der Waals surface area contributed by atoms with Crippen molar-refractivity contribution in [3.05, 3.63) is 36.4 Å². The van der Waals surface area contributed by atoms with Crippen LogP contribution in [0.25, 0.3) is 10.8 Å². The van der Waals surface area contributed by atoms with Crippen LogP contribution < -0.4 is 0 Å². The zero-order valence-electron chi connectivity index (χ0n) is 9.03. The second-order valence-corrected chi connectivity index (χ2v) is 6.19. The summed E-state index contributed by atoms with van der Waals surface area (Å²) in [6.07, 6.45) is 0. The van der Waals surface area contributed by atoms with Crippen LogP contribution in [0.4, 0.5) is 0 Å². The zero-order valence-corrected chi connectivity index (χ0v) is 11.6. The molecule has 0 unspecified atom stereocenters. The number of rotatable bonds is 2. The van der Waals surface area contributed by atoms with Gasteiger partial charge in [0.1, 0.15) is 20.2 Å². The Balaban J connectivity index is 0.00000180. The summed E-state index contributed by atoms with van der Waals surface area (Å²) in [5, 5.41) is 0.281. The fourth-order valence-corrected chi connectivity index (χ4v) is 3.63. The molecule has 0 fully saturated rings. The number of hydrogen-bond donors (Lipinski definition) is 0. The summed E-state index contributed by atoms with van der Waals surface area (Å²) in [4.78, 5) is -2.01. The molecule has 0 atom stereocenters. The van der Waals surface area contributed by atoms with E-state index in [4.69, 9.17) is 0 Å². The molecule has 0 aromatic heterocycles. The van der Waals surface area contributed by atoms with Gasteiger partial charge >= 0.3 is 17.1 Å². The van der Waals surface area contributed by atoms with E-state index in [1.807, 2.05) is 0 Å². The summed E-state index contributed by atoms with van der Waals surface area (Å²) < 4.78 is 66.4. The minimum atomic E-state index is -5.07. The third kappa shape index (κ3) is 3.14. The van der Waals surface area contributed by atoms with Gasteiger partial charge in [-0.05, 0) is 11.5 Å². The first kappa shape index (κ1) is 16.1. The Morgan fingerprint density at radius 1 is 0.789 bits per heavy atom. The summed E-state index contributed by atoms with van der Waals surface area (Å²) in [5.41, 5.74) is 0. The van der Waals surface area contributed by atoms with Gasteiger partial charge in [-0.2, -0.15) is 0 Å². The van der Waals surface area contributed by atoms with E-state index in [0.717, 1.165) is 6.07 Å². The van der Waals surface area contributed by atoms with E-state index in [9.17, 15) is 25.9 Å². The van der Waals surface area contributed by atoms with E-state index in [0.29, 0.717) is 5.39 Å². The molecule has 105 valence electrons. The van der Waals surface area contributed by atoms with Gasteiger partial charge in [0.2, 0.25) is 0 Å². The predicted octanol–water partition coefficient (Wildman–Crippen LogP) is 0.646. The third-order valence-corrected chi connectivity index (χ3v) is 4.31. The van der Waals surface area contributed by atoms with Gasteiger partial charge in [0.05, 0.1) is 9.79 Å². The Kier molecular flexibility index (Phi) is 4.40. The molecule has 2 rings (SSSR count). The van der Waals surface area contributed by atoms with Crippen LogP contribution in [-0.2, 0) is 37.3 Å². The van der Waals surface area contributed by atoms with Gasteiger partial charge in [-0.3, -0.25) is 0 Å². The van der Waals surface area contributed by atoms with Gasteiger partial charge < -0.3 is 9.11 Å². The Morgan fingerprint density at radius 3 is 1.89 bits per heavy atom. The van der Waals surface area contributed by atoms with Gasteiger partial charge in [0, 0.05) is 5.39 Å². The molecule has 0 aliphatic carbocycles. The first-order valence-electron chi connectivity index (χ1n) is 4.65. The molecule has 19 heavy (non-hydrogen) atoms. The van der Waals surface area contributed by atoms with Gasteiger partial charge in [0.15, 0.2) is 0 Å². The quantitative estimate of drug-likeness (QED) is 0.580. The maximum Gasteiger partial charge on any atom is 2.00 e. The smallest absolute Gasteiger partial charge is 0.744 e. The van der Waals surface area contributed by atoms with Crippen molar-refractivity contribution in [3.63, 3.8) is 0 Å². The largest absolute Gasteiger partial charge is 2.00 e. The predicted molar refractivity (Wildman–Crippen MR) is 59.9 cm³/mol. The summed E-state index contributed by atoms with van der Waals surface area (Å²) in [7, 11) is -10.1. The SMILES string of the molecule is O=S(=O)([O-])c1ccc2ccccc2c1S(=O)(=O)[O-].[Cu+2]. The van der Waals surface area contributed by atoms with Crippen molar-refractivity contribution in [1.29, 1.82) is 0 Å². The Bertz CT molecular complexity index is 826. The van der Waals surface area contributed by atoms with E-state index >= 15 is 0 Å². The van der Waals surface area contributed by atoms with Crippen LogP contribution in [0.1, 0.15) is 0 Å². The Morgan fingerprint density at radius 2 is 1.37 bits per heavy atom. The van der Waals surface area contributed by atoms with Gasteiger partial charge in [0.25, 0.3) is 0 Å². The van der Waals surface area contributed by atoms with Crippen molar-refractivity contribution in [3.8, 4) is 0 Å². The molecule has 2 aromatic carbocycles. The molecule has 0 N–H and O–H groups in total. The minimum Gasteiger partial charge on any atom is -0.744 e. The topological polar surface area (TPSA) is 114 Å². The van der Waals surface area contributed by atoms with E-state index in [1.54, 1.807) is 6.07 Å². The molecular weight excluding hydrogens is 344 g/mol. The Labute approximate surface area is 120 Å². The van der Waals surface area contributed by atoms with Gasteiger partial charge in [-0.15, -0.1) is 0 Å². The molecule has 0 saturated heterocycles. The number of hydrogen-bond acceptors (Lipinski definition) is 6. The maximum absolute atomic E-state index is 11.2. The minimum absolute atomic E-state index is 0. The van der Waals surface area contributed by atoms with Crippen molar-refractivity contribution in [2.24, 2.45) is 0 Å². The second-order valence-electron chi connectivity index (χ2n) is 3.52. The zero-order chi connectivity index (χ0) is 13.6. The van der Waals surface area contributed by atoms with Crippen LogP contribution in [-0.4, -0.2) is 25.9 Å². The fraction of sp³-hybridized carbons (Fsp3) is 0. The molecule has 0 amide bonds. The van der Waals surface area contributed by atoms with Crippen molar-refractivity contribution >= 4 is 31.0 Å². The van der Waals surface area contributed by atoms with Crippen LogP contribution in [0.15, 0.2) is 46.2 Å². The third-order valence-electron chi connectivity index (χ3n) is 2.36. The molecule has 1 radical (unpaired) electrons. The molecule has 2 aromatic rings. The molecule has 0 aliphatic heterocycles. The Hall–Kier alpha value is -0.961. The number of fused-ring (bicyclic) bond motifs is 1. The van der Waals surface area contributed by atoms with Crippen LogP contribution in [0, 0.1) is 0 Å². The fourth-order valence-electron chi connectivity index (χ4n) is 1.68. The monoisotopic (exact) mass is 349 g/mol. The summed E-state index contributed by atoms with van der Waals surface area (Å²) in [6, 6.07) is 7.91. The number of benzene rings is 2. The summed E-state index contributed by atoms with van der Waals surface area (Å²) >= 11 is 0. The van der Waals surface area contributed by atoms with Gasteiger partial charge in [-0.1, -0.05) is 30.3 Å². The molecular formula is C10H6CuO6S2. The first-order chi connectivity index (χ1) is 8.21. The van der Waals surface area contributed by atoms with Crippen molar-refractivity contribution < 1.29 is 43.0 Å². The van der Waals surface area contributed by atoms with Crippen molar-refractivity contribution in [1.82, 2.24) is 0 Å². The first-order valence-corrected chi connectivity index (χ1v) is 7.46. The molecule has 6 nitrogen and oxygen atoms in total. The normalized spacial score (nSPS) is 12.1. The van der Waals surface area contributed by atoms with Crippen LogP contribution >= 0.6 is 0 Å². The summed E-state index contributed by atoms with van der Waals surface area (Å²) in [5.74, 6) is 0. The van der Waals surface area contributed by atoms with E-state index < -0.39 is 30.0 Å². The maximum atomic E-state index is 11.2. The van der Waals surface area contributed by atoms with E-state index in [-0.39, 0.29) is 22.5 Å². The van der Waals surface area contributed by atoms with E-state index in [2.05, 4.69) is 0 Å². The standard InChI is InChI=1S/C10H8O6S2.Cu/c11-17(12,13)9-6-5-7-3-1-2-4-8(7)10(9)18(14,15)16;/h1-6H,(H,11,12,13)(H,14,15,16);/q;+2/p-2. The molecule has 0 aliphatic rings. The second kappa shape index (κ2) is 5.20. The van der Waals surface area contributed by atoms with Crippen LogP contribution in [0.5, 0.6) is 0 Å². The molecule has 9 heteroatoms. The molecule has 0 saturated carbocycles. The van der Waals surface area contributed by atoms with Gasteiger partial charge in [-0.25, -0.2) is 16.8 Å². The van der Waals surface area contributed by atoms with Crippen LogP contribution in [0.3, 0.4) is 0 Å². The van der Waals surface area contributed by atoms with Crippen molar-refractivity contribution in [2.75, 3.05) is 0 Å². The molecule has 0 spiro atoms.